The minimum absolute atomic E-state index is 0. The van der Waals surface area contributed by atoms with Gasteiger partial charge in [-0.15, -0.1) is 24.0 Å². The first-order valence-electron chi connectivity index (χ1n) is 8.75. The van der Waals surface area contributed by atoms with Crippen molar-refractivity contribution in [1.29, 1.82) is 0 Å². The highest BCUT2D eigenvalue weighted by Gasteiger charge is 2.53. The summed E-state index contributed by atoms with van der Waals surface area (Å²) in [6.45, 7) is 10.4. The SMILES string of the molecule is CN=C(NCC1(C2CC2)CC1)NC1CN(C(C)C)CC1C.I. The topological polar surface area (TPSA) is 39.7 Å². The molecule has 0 radical (unpaired) electrons. The van der Waals surface area contributed by atoms with Gasteiger partial charge in [-0.2, -0.15) is 0 Å². The Balaban J connectivity index is 0.00000176. The molecule has 0 aromatic carbocycles. The van der Waals surface area contributed by atoms with Crippen LogP contribution in [0.25, 0.3) is 0 Å². The maximum absolute atomic E-state index is 4.44. The van der Waals surface area contributed by atoms with Crippen molar-refractivity contribution in [1.82, 2.24) is 15.5 Å². The number of aliphatic imine (C=N–C) groups is 1. The molecule has 2 N–H and O–H groups in total. The zero-order valence-corrected chi connectivity index (χ0v) is 16.9. The molecule has 2 atom stereocenters. The van der Waals surface area contributed by atoms with Crippen molar-refractivity contribution in [3.05, 3.63) is 0 Å². The number of nitrogens with zero attached hydrogens (tertiary/aromatic N) is 2. The molecule has 4 nitrogen and oxygen atoms in total. The fraction of sp³-hybridized carbons (Fsp3) is 0.941. The number of likely N-dealkylation sites (tertiary alicyclic amines) is 1. The molecule has 0 bridgehead atoms. The fourth-order valence-electron chi connectivity index (χ4n) is 3.83. The molecule has 3 rings (SSSR count). The van der Waals surface area contributed by atoms with Crippen molar-refractivity contribution in [2.24, 2.45) is 22.2 Å². The molecule has 0 aromatic rings. The molecule has 0 amide bonds. The van der Waals surface area contributed by atoms with E-state index in [4.69, 9.17) is 0 Å². The third kappa shape index (κ3) is 4.08. The van der Waals surface area contributed by atoms with E-state index in [1.807, 2.05) is 7.05 Å². The Bertz CT molecular complexity index is 401. The predicted molar refractivity (Wildman–Crippen MR) is 104 cm³/mol. The van der Waals surface area contributed by atoms with Gasteiger partial charge in [-0.3, -0.25) is 9.89 Å². The standard InChI is InChI=1S/C17H32N4.HI/c1-12(2)21-9-13(3)15(10-21)20-16(18-4)19-11-17(7-8-17)14-5-6-14;/h12-15H,5-11H2,1-4H3,(H2,18,19,20);1H. The number of hydrogen-bond acceptors (Lipinski definition) is 2. The van der Waals surface area contributed by atoms with Crippen molar-refractivity contribution in [2.75, 3.05) is 26.7 Å². The Kier molecular flexibility index (Phi) is 6.02. The summed E-state index contributed by atoms with van der Waals surface area (Å²) < 4.78 is 0. The summed E-state index contributed by atoms with van der Waals surface area (Å²) >= 11 is 0. The normalized spacial score (nSPS) is 31.0. The molecule has 22 heavy (non-hydrogen) atoms. The molecule has 0 aromatic heterocycles. The van der Waals surface area contributed by atoms with Gasteiger partial charge in [0.25, 0.3) is 0 Å². The number of halogens is 1. The Hall–Kier alpha value is -0.0400. The lowest BCUT2D eigenvalue weighted by atomic mass is 10.0. The first-order chi connectivity index (χ1) is 10.0. The average molecular weight is 420 g/mol. The Labute approximate surface area is 152 Å². The van der Waals surface area contributed by atoms with Crippen LogP contribution < -0.4 is 10.6 Å². The van der Waals surface area contributed by atoms with Crippen LogP contribution >= 0.6 is 24.0 Å². The van der Waals surface area contributed by atoms with Crippen LogP contribution in [-0.4, -0.2) is 49.6 Å². The van der Waals surface area contributed by atoms with E-state index < -0.39 is 0 Å². The van der Waals surface area contributed by atoms with Gasteiger partial charge in [0.1, 0.15) is 0 Å². The number of rotatable bonds is 5. The minimum atomic E-state index is 0. The second kappa shape index (κ2) is 7.24. The van der Waals surface area contributed by atoms with Crippen LogP contribution in [0.5, 0.6) is 0 Å². The zero-order chi connectivity index (χ0) is 15.0. The lowest BCUT2D eigenvalue weighted by Crippen LogP contribution is -2.48. The number of hydrogen-bond donors (Lipinski definition) is 2. The van der Waals surface area contributed by atoms with Crippen molar-refractivity contribution in [2.45, 2.75) is 58.5 Å². The van der Waals surface area contributed by atoms with Crippen molar-refractivity contribution in [3.63, 3.8) is 0 Å². The lowest BCUT2D eigenvalue weighted by molar-refractivity contribution is 0.265. The van der Waals surface area contributed by atoms with Crippen LogP contribution in [0.4, 0.5) is 0 Å². The van der Waals surface area contributed by atoms with E-state index in [-0.39, 0.29) is 24.0 Å². The van der Waals surface area contributed by atoms with Crippen LogP contribution in [-0.2, 0) is 0 Å². The van der Waals surface area contributed by atoms with Crippen molar-refractivity contribution in [3.8, 4) is 0 Å². The molecule has 1 heterocycles. The van der Waals surface area contributed by atoms with E-state index in [1.54, 1.807) is 0 Å². The zero-order valence-electron chi connectivity index (χ0n) is 14.6. The maximum Gasteiger partial charge on any atom is 0.191 e. The van der Waals surface area contributed by atoms with E-state index >= 15 is 0 Å². The van der Waals surface area contributed by atoms with E-state index in [2.05, 4.69) is 41.3 Å². The highest BCUT2D eigenvalue weighted by Crippen LogP contribution is 2.60. The largest absolute Gasteiger partial charge is 0.356 e. The van der Waals surface area contributed by atoms with E-state index in [0.29, 0.717) is 23.4 Å². The van der Waals surface area contributed by atoms with Crippen LogP contribution in [0.1, 0.15) is 46.5 Å². The van der Waals surface area contributed by atoms with Gasteiger partial charge in [0.05, 0.1) is 0 Å². The second-order valence-electron chi connectivity index (χ2n) is 7.84. The lowest BCUT2D eigenvalue weighted by Gasteiger charge is -2.23. The van der Waals surface area contributed by atoms with Crippen molar-refractivity contribution < 1.29 is 0 Å². The molecule has 128 valence electrons. The molecule has 5 heteroatoms. The summed E-state index contributed by atoms with van der Waals surface area (Å²) in [5, 5.41) is 7.26. The predicted octanol–water partition coefficient (Wildman–Crippen LogP) is 2.69. The second-order valence-corrected chi connectivity index (χ2v) is 7.84. The summed E-state index contributed by atoms with van der Waals surface area (Å²) in [4.78, 5) is 7.00. The molecule has 1 aliphatic heterocycles. The van der Waals surface area contributed by atoms with Gasteiger partial charge in [-0.25, -0.2) is 0 Å². The van der Waals surface area contributed by atoms with Gasteiger partial charge in [0, 0.05) is 38.8 Å². The fourth-order valence-corrected chi connectivity index (χ4v) is 3.83. The summed E-state index contributed by atoms with van der Waals surface area (Å²) in [7, 11) is 1.89. The van der Waals surface area contributed by atoms with Gasteiger partial charge >= 0.3 is 0 Å². The molecular weight excluding hydrogens is 387 g/mol. The molecule has 2 aliphatic carbocycles. The number of guanidine groups is 1. The first kappa shape index (κ1) is 18.3. The van der Waals surface area contributed by atoms with Crippen LogP contribution in [0.15, 0.2) is 4.99 Å². The third-order valence-corrected chi connectivity index (χ3v) is 5.86. The van der Waals surface area contributed by atoms with Gasteiger partial charge in [-0.05, 0) is 56.8 Å². The van der Waals surface area contributed by atoms with Gasteiger partial charge < -0.3 is 10.6 Å². The first-order valence-corrected chi connectivity index (χ1v) is 8.75. The summed E-state index contributed by atoms with van der Waals surface area (Å²) in [5.41, 5.74) is 0.628. The van der Waals surface area contributed by atoms with Crippen molar-refractivity contribution >= 4 is 29.9 Å². The van der Waals surface area contributed by atoms with Gasteiger partial charge in [0.15, 0.2) is 5.96 Å². The molecule has 1 saturated heterocycles. The monoisotopic (exact) mass is 420 g/mol. The third-order valence-electron chi connectivity index (χ3n) is 5.86. The molecule has 0 spiro atoms. The maximum atomic E-state index is 4.44. The highest BCUT2D eigenvalue weighted by molar-refractivity contribution is 14.0. The minimum Gasteiger partial charge on any atom is -0.356 e. The molecular formula is C17H33IN4. The summed E-state index contributed by atoms with van der Waals surface area (Å²) in [6.07, 6.45) is 5.75. The van der Waals surface area contributed by atoms with Gasteiger partial charge in [-0.1, -0.05) is 6.92 Å². The van der Waals surface area contributed by atoms with E-state index in [9.17, 15) is 0 Å². The van der Waals surface area contributed by atoms with E-state index in [1.165, 1.54) is 32.2 Å². The Morgan fingerprint density at radius 1 is 1.27 bits per heavy atom. The van der Waals surface area contributed by atoms with Crippen LogP contribution in [0.3, 0.4) is 0 Å². The number of nitrogens with one attached hydrogen (secondary N) is 2. The molecule has 3 aliphatic rings. The quantitative estimate of drug-likeness (QED) is 0.408. The molecule has 2 unspecified atom stereocenters. The highest BCUT2D eigenvalue weighted by atomic mass is 127. The average Bonchev–Trinajstić information content (AvgIpc) is 3.34. The summed E-state index contributed by atoms with van der Waals surface area (Å²) in [5.74, 6) is 2.69. The van der Waals surface area contributed by atoms with E-state index in [0.717, 1.165) is 25.0 Å². The van der Waals surface area contributed by atoms with Gasteiger partial charge in [0.2, 0.25) is 0 Å². The molecule has 3 fully saturated rings. The Morgan fingerprint density at radius 3 is 2.41 bits per heavy atom. The smallest absolute Gasteiger partial charge is 0.191 e. The molecule has 2 saturated carbocycles. The Morgan fingerprint density at radius 2 is 1.95 bits per heavy atom. The van der Waals surface area contributed by atoms with Crippen LogP contribution in [0, 0.1) is 17.3 Å². The van der Waals surface area contributed by atoms with Crippen LogP contribution in [0.2, 0.25) is 0 Å². The summed E-state index contributed by atoms with van der Waals surface area (Å²) in [6, 6.07) is 1.16.